The third-order valence-electron chi connectivity index (χ3n) is 5.11. The molecular weight excluding hydrogens is 262 g/mol. The Morgan fingerprint density at radius 1 is 1.10 bits per heavy atom. The summed E-state index contributed by atoms with van der Waals surface area (Å²) in [5, 5.41) is 3.62. The van der Waals surface area contributed by atoms with Crippen LogP contribution >= 0.6 is 0 Å². The van der Waals surface area contributed by atoms with Gasteiger partial charge in [-0.05, 0) is 51.5 Å². The first kappa shape index (κ1) is 16.6. The Labute approximate surface area is 130 Å². The fraction of sp³-hybridized carbons (Fsp3) is 0.941. The van der Waals surface area contributed by atoms with E-state index in [0.717, 1.165) is 32.5 Å². The van der Waals surface area contributed by atoms with Gasteiger partial charge in [-0.25, -0.2) is 4.79 Å². The van der Waals surface area contributed by atoms with Crippen LogP contribution in [0.3, 0.4) is 0 Å². The number of hydrogen-bond acceptors (Lipinski definition) is 2. The summed E-state index contributed by atoms with van der Waals surface area (Å²) in [7, 11) is 2.01. The van der Waals surface area contributed by atoms with Crippen LogP contribution in [0, 0.1) is 0 Å². The molecule has 0 unspecified atom stereocenters. The molecule has 1 N–H and O–H groups in total. The minimum atomic E-state index is 0.266. The molecule has 0 aromatic carbocycles. The van der Waals surface area contributed by atoms with Crippen molar-refractivity contribution in [1.82, 2.24) is 15.1 Å². The van der Waals surface area contributed by atoms with Crippen molar-refractivity contribution in [3.05, 3.63) is 0 Å². The molecule has 1 saturated heterocycles. The predicted molar refractivity (Wildman–Crippen MR) is 87.5 cm³/mol. The lowest BCUT2D eigenvalue weighted by Gasteiger charge is -2.37. The zero-order valence-electron chi connectivity index (χ0n) is 13.9. The average molecular weight is 295 g/mol. The largest absolute Gasteiger partial charge is 0.325 e. The van der Waals surface area contributed by atoms with Crippen molar-refractivity contribution < 1.29 is 4.79 Å². The molecule has 0 aromatic heterocycles. The lowest BCUT2D eigenvalue weighted by Crippen LogP contribution is -2.48. The van der Waals surface area contributed by atoms with Crippen LogP contribution in [0.4, 0.5) is 4.79 Å². The maximum absolute atomic E-state index is 12.6. The highest BCUT2D eigenvalue weighted by atomic mass is 16.2. The van der Waals surface area contributed by atoms with Crippen molar-refractivity contribution in [2.45, 2.75) is 76.8 Å². The average Bonchev–Trinajstić information content (AvgIpc) is 2.81. The first-order valence-electron chi connectivity index (χ1n) is 8.97. The normalized spacial score (nSPS) is 27.2. The number of hydrogen-bond donors (Lipinski definition) is 1. The van der Waals surface area contributed by atoms with E-state index in [1.54, 1.807) is 0 Å². The maximum Gasteiger partial charge on any atom is 0.319 e. The van der Waals surface area contributed by atoms with E-state index in [0.29, 0.717) is 12.1 Å². The second-order valence-electron chi connectivity index (χ2n) is 6.75. The number of carbonyl (C=O) groups excluding carboxylic acids is 1. The molecule has 0 atom stereocenters. The maximum atomic E-state index is 12.6. The summed E-state index contributed by atoms with van der Waals surface area (Å²) in [4.78, 5) is 16.7. The van der Waals surface area contributed by atoms with Gasteiger partial charge in [0.1, 0.15) is 0 Å². The Kier molecular flexibility index (Phi) is 6.81. The summed E-state index contributed by atoms with van der Waals surface area (Å²) in [6.45, 7) is 5.25. The number of urea groups is 1. The molecule has 4 nitrogen and oxygen atoms in total. The lowest BCUT2D eigenvalue weighted by molar-refractivity contribution is 0.131. The summed E-state index contributed by atoms with van der Waals surface area (Å²) in [6.07, 6.45) is 10.8. The van der Waals surface area contributed by atoms with Gasteiger partial charge in [0.25, 0.3) is 0 Å². The van der Waals surface area contributed by atoms with Crippen molar-refractivity contribution in [2.24, 2.45) is 0 Å². The molecule has 1 heterocycles. The molecule has 0 spiro atoms. The highest BCUT2D eigenvalue weighted by Crippen LogP contribution is 2.24. The molecule has 1 aliphatic heterocycles. The summed E-state index contributed by atoms with van der Waals surface area (Å²) in [6, 6.07) is 1.38. The molecule has 2 aliphatic rings. The van der Waals surface area contributed by atoms with Gasteiger partial charge in [0.15, 0.2) is 0 Å². The molecule has 0 bridgehead atoms. The molecule has 4 heteroatoms. The topological polar surface area (TPSA) is 35.6 Å². The van der Waals surface area contributed by atoms with Crippen LogP contribution in [0.1, 0.15) is 64.7 Å². The highest BCUT2D eigenvalue weighted by Gasteiger charge is 2.28. The molecule has 1 aliphatic carbocycles. The van der Waals surface area contributed by atoms with E-state index < -0.39 is 0 Å². The standard InChI is InChI=1S/C17H33N3O/c1-3-12-18-15-8-10-16(11-9-15)19(2)17(21)20-13-6-4-5-7-14-20/h15-16,18H,3-14H2,1-2H3. The van der Waals surface area contributed by atoms with Crippen LogP contribution in [-0.4, -0.2) is 54.6 Å². The van der Waals surface area contributed by atoms with E-state index in [9.17, 15) is 4.79 Å². The second kappa shape index (κ2) is 8.62. The fourth-order valence-corrected chi connectivity index (χ4v) is 3.66. The van der Waals surface area contributed by atoms with E-state index in [4.69, 9.17) is 0 Å². The van der Waals surface area contributed by atoms with Gasteiger partial charge in [-0.3, -0.25) is 0 Å². The van der Waals surface area contributed by atoms with E-state index in [2.05, 4.69) is 17.1 Å². The molecule has 2 rings (SSSR count). The van der Waals surface area contributed by atoms with Crippen LogP contribution < -0.4 is 5.32 Å². The third-order valence-corrected chi connectivity index (χ3v) is 5.11. The Bertz CT molecular complexity index is 305. The smallest absolute Gasteiger partial charge is 0.319 e. The van der Waals surface area contributed by atoms with Crippen LogP contribution in [0.5, 0.6) is 0 Å². The number of nitrogens with one attached hydrogen (secondary N) is 1. The van der Waals surface area contributed by atoms with Gasteiger partial charge in [0.05, 0.1) is 0 Å². The molecule has 2 fully saturated rings. The van der Waals surface area contributed by atoms with Gasteiger partial charge in [0.2, 0.25) is 0 Å². The second-order valence-corrected chi connectivity index (χ2v) is 6.75. The van der Waals surface area contributed by atoms with E-state index in [-0.39, 0.29) is 6.03 Å². The monoisotopic (exact) mass is 295 g/mol. The molecule has 122 valence electrons. The van der Waals surface area contributed by atoms with E-state index >= 15 is 0 Å². The fourth-order valence-electron chi connectivity index (χ4n) is 3.66. The van der Waals surface area contributed by atoms with Crippen molar-refractivity contribution >= 4 is 6.03 Å². The van der Waals surface area contributed by atoms with Gasteiger partial charge in [-0.15, -0.1) is 0 Å². The quantitative estimate of drug-likeness (QED) is 0.864. The Morgan fingerprint density at radius 3 is 2.29 bits per heavy atom. The summed E-state index contributed by atoms with van der Waals surface area (Å²) in [5.74, 6) is 0. The molecule has 21 heavy (non-hydrogen) atoms. The van der Waals surface area contributed by atoms with Gasteiger partial charge in [-0.1, -0.05) is 19.8 Å². The minimum absolute atomic E-state index is 0.266. The van der Waals surface area contributed by atoms with Crippen molar-refractivity contribution in [3.8, 4) is 0 Å². The van der Waals surface area contributed by atoms with Crippen molar-refractivity contribution in [3.63, 3.8) is 0 Å². The van der Waals surface area contributed by atoms with Crippen LogP contribution in [0.15, 0.2) is 0 Å². The zero-order valence-corrected chi connectivity index (χ0v) is 13.9. The third kappa shape index (κ3) is 4.87. The number of rotatable bonds is 4. The first-order valence-corrected chi connectivity index (χ1v) is 8.97. The van der Waals surface area contributed by atoms with Crippen LogP contribution in [-0.2, 0) is 0 Å². The van der Waals surface area contributed by atoms with Crippen molar-refractivity contribution in [2.75, 3.05) is 26.7 Å². The molecular formula is C17H33N3O. The van der Waals surface area contributed by atoms with Gasteiger partial charge >= 0.3 is 6.03 Å². The number of likely N-dealkylation sites (tertiary alicyclic amines) is 1. The number of nitrogens with zero attached hydrogens (tertiary/aromatic N) is 2. The zero-order chi connectivity index (χ0) is 15.1. The number of carbonyl (C=O) groups is 1. The first-order chi connectivity index (χ1) is 10.2. The summed E-state index contributed by atoms with van der Waals surface area (Å²) < 4.78 is 0. The van der Waals surface area contributed by atoms with Gasteiger partial charge in [-0.2, -0.15) is 0 Å². The minimum Gasteiger partial charge on any atom is -0.325 e. The Balaban J connectivity index is 1.77. The highest BCUT2D eigenvalue weighted by molar-refractivity contribution is 5.74. The van der Waals surface area contributed by atoms with Crippen LogP contribution in [0.2, 0.25) is 0 Å². The van der Waals surface area contributed by atoms with Crippen molar-refractivity contribution in [1.29, 1.82) is 0 Å². The summed E-state index contributed by atoms with van der Waals surface area (Å²) in [5.41, 5.74) is 0. The SMILES string of the molecule is CCCNC1CCC(N(C)C(=O)N2CCCCCC2)CC1. The molecule has 0 radical (unpaired) electrons. The number of amides is 2. The Morgan fingerprint density at radius 2 is 1.71 bits per heavy atom. The van der Waals surface area contributed by atoms with Gasteiger partial charge < -0.3 is 15.1 Å². The van der Waals surface area contributed by atoms with E-state index in [1.807, 2.05) is 11.9 Å². The summed E-state index contributed by atoms with van der Waals surface area (Å²) >= 11 is 0. The van der Waals surface area contributed by atoms with Crippen LogP contribution in [0.25, 0.3) is 0 Å². The molecule has 0 aromatic rings. The molecule has 2 amide bonds. The predicted octanol–water partition coefficient (Wildman–Crippen LogP) is 3.23. The lowest BCUT2D eigenvalue weighted by atomic mass is 9.90. The molecule has 1 saturated carbocycles. The Hall–Kier alpha value is -0.770. The van der Waals surface area contributed by atoms with Gasteiger partial charge in [0, 0.05) is 32.2 Å². The van der Waals surface area contributed by atoms with E-state index in [1.165, 1.54) is 44.9 Å².